The summed E-state index contributed by atoms with van der Waals surface area (Å²) >= 11 is 7.42. The normalized spacial score (nSPS) is 13.0. The lowest BCUT2D eigenvalue weighted by Gasteiger charge is -2.16. The lowest BCUT2D eigenvalue weighted by molar-refractivity contribution is 0.0950. The number of aromatic nitrogens is 2. The maximum absolute atomic E-state index is 12.8. The average molecular weight is 513 g/mol. The molecule has 4 rings (SSSR count). The molecule has 176 valence electrons. The first-order valence-electron chi connectivity index (χ1n) is 10.9. The molecule has 2 heterocycles. The summed E-state index contributed by atoms with van der Waals surface area (Å²) in [4.78, 5) is 22.7. The minimum absolute atomic E-state index is 0.136. The number of nitrogens with zero attached hydrogens (tertiary/aromatic N) is 2. The van der Waals surface area contributed by atoms with E-state index in [0.29, 0.717) is 33.6 Å². The topological polar surface area (TPSA) is 84.0 Å². The summed E-state index contributed by atoms with van der Waals surface area (Å²) in [7, 11) is -1.35. The van der Waals surface area contributed by atoms with E-state index in [1.54, 1.807) is 12.4 Å². The van der Waals surface area contributed by atoms with Crippen molar-refractivity contribution in [1.29, 1.82) is 0 Å². The molecule has 1 amide bonds. The molecule has 6 nitrogen and oxygen atoms in total. The Kier molecular flexibility index (Phi) is 8.05. The summed E-state index contributed by atoms with van der Waals surface area (Å²) in [5.74, 6) is 0.00290. The minimum Gasteiger partial charge on any atom is -0.351 e. The smallest absolute Gasteiger partial charge is 0.263 e. The highest BCUT2D eigenvalue weighted by molar-refractivity contribution is 7.83. The van der Waals surface area contributed by atoms with Gasteiger partial charge in [-0.25, -0.2) is 13.9 Å². The van der Waals surface area contributed by atoms with Crippen molar-refractivity contribution in [2.24, 2.45) is 5.92 Å². The van der Waals surface area contributed by atoms with Gasteiger partial charge in [-0.2, -0.15) is 0 Å². The summed E-state index contributed by atoms with van der Waals surface area (Å²) in [6.07, 6.45) is 4.26. The molecule has 0 bridgehead atoms. The molecule has 9 heteroatoms. The van der Waals surface area contributed by atoms with Gasteiger partial charge in [-0.1, -0.05) is 37.1 Å². The zero-order chi connectivity index (χ0) is 24.1. The van der Waals surface area contributed by atoms with Gasteiger partial charge in [0.1, 0.15) is 20.9 Å². The third-order valence-corrected chi connectivity index (χ3v) is 8.10. The number of pyridine rings is 1. The van der Waals surface area contributed by atoms with Crippen LogP contribution in [-0.4, -0.2) is 33.2 Å². The van der Waals surface area contributed by atoms with E-state index in [4.69, 9.17) is 11.6 Å². The molecule has 2 aromatic heterocycles. The molecular formula is C25H25ClN4O2S2. The van der Waals surface area contributed by atoms with Gasteiger partial charge in [0, 0.05) is 36.1 Å². The lowest BCUT2D eigenvalue weighted by atomic mass is 10.1. The van der Waals surface area contributed by atoms with E-state index in [-0.39, 0.29) is 11.8 Å². The van der Waals surface area contributed by atoms with Crippen molar-refractivity contribution < 1.29 is 9.00 Å². The molecule has 2 atom stereocenters. The molecule has 4 aromatic rings. The first-order valence-corrected chi connectivity index (χ1v) is 13.3. The van der Waals surface area contributed by atoms with Gasteiger partial charge in [0.05, 0.1) is 10.6 Å². The Morgan fingerprint density at radius 1 is 1.09 bits per heavy atom. The summed E-state index contributed by atoms with van der Waals surface area (Å²) in [5.41, 5.74) is 1.65. The summed E-state index contributed by atoms with van der Waals surface area (Å²) in [6.45, 7) is 4.90. The molecule has 0 fully saturated rings. The zero-order valence-corrected chi connectivity index (χ0v) is 21.3. The number of fused-ring (bicyclic) bond motifs is 1. The molecule has 0 spiro atoms. The highest BCUT2D eigenvalue weighted by Gasteiger charge is 2.18. The molecule has 2 unspecified atom stereocenters. The second-order valence-electron chi connectivity index (χ2n) is 7.92. The summed E-state index contributed by atoms with van der Waals surface area (Å²) < 4.78 is 15.9. The van der Waals surface area contributed by atoms with Crippen LogP contribution >= 0.6 is 22.9 Å². The van der Waals surface area contributed by atoms with E-state index in [9.17, 15) is 9.00 Å². The molecule has 0 saturated heterocycles. The number of aryl methyl sites for hydroxylation is 1. The number of carbonyl (C=O) groups excluding carboxylic acids is 1. The van der Waals surface area contributed by atoms with Crippen LogP contribution in [0.1, 0.15) is 28.7 Å². The number of thiazole rings is 1. The molecule has 2 aromatic carbocycles. The molecular weight excluding hydrogens is 488 g/mol. The third-order valence-electron chi connectivity index (χ3n) is 5.55. The van der Waals surface area contributed by atoms with Crippen LogP contribution in [0.15, 0.2) is 65.8 Å². The van der Waals surface area contributed by atoms with Crippen molar-refractivity contribution in [2.45, 2.75) is 25.2 Å². The third kappa shape index (κ3) is 5.88. The van der Waals surface area contributed by atoms with Crippen LogP contribution in [0.2, 0.25) is 5.02 Å². The van der Waals surface area contributed by atoms with Crippen molar-refractivity contribution >= 4 is 50.6 Å². The second-order valence-corrected chi connectivity index (χ2v) is 10.7. The zero-order valence-electron chi connectivity index (χ0n) is 18.9. The van der Waals surface area contributed by atoms with Gasteiger partial charge in [0.2, 0.25) is 0 Å². The van der Waals surface area contributed by atoms with Gasteiger partial charge in [0.25, 0.3) is 5.91 Å². The molecule has 2 N–H and O–H groups in total. The Morgan fingerprint density at radius 3 is 2.59 bits per heavy atom. The first-order chi connectivity index (χ1) is 16.4. The Labute approximate surface area is 210 Å². The molecule has 0 aliphatic rings. The van der Waals surface area contributed by atoms with Crippen LogP contribution in [0, 0.1) is 12.8 Å². The van der Waals surface area contributed by atoms with E-state index in [1.165, 1.54) is 11.3 Å². The van der Waals surface area contributed by atoms with Gasteiger partial charge in [0.15, 0.2) is 0 Å². The SMILES string of the molecule is CCC(CNC(=O)c1sc(-c2ccncc2)nc1C)CNS(=O)c1ccc2cc(Cl)ccc2c1. The van der Waals surface area contributed by atoms with Gasteiger partial charge in [-0.15, -0.1) is 11.3 Å². The van der Waals surface area contributed by atoms with E-state index in [1.807, 2.05) is 55.5 Å². The van der Waals surface area contributed by atoms with Gasteiger partial charge >= 0.3 is 0 Å². The fraction of sp³-hybridized carbons (Fsp3) is 0.240. The Balaban J connectivity index is 1.33. The number of amides is 1. The second kappa shape index (κ2) is 11.2. The van der Waals surface area contributed by atoms with Gasteiger partial charge in [-0.3, -0.25) is 9.78 Å². The highest BCUT2D eigenvalue weighted by atomic mass is 35.5. The Morgan fingerprint density at radius 2 is 1.82 bits per heavy atom. The van der Waals surface area contributed by atoms with E-state index >= 15 is 0 Å². The van der Waals surface area contributed by atoms with Crippen LogP contribution < -0.4 is 10.0 Å². The number of hydrogen-bond acceptors (Lipinski definition) is 5. The number of nitrogens with one attached hydrogen (secondary N) is 2. The standard InChI is InChI=1S/C25H25ClN4O2S2/c1-3-17(15-29-34(32)22-7-5-19-12-21(26)6-4-20(19)13-22)14-28-24(31)23-16(2)30-25(33-23)18-8-10-27-11-9-18/h4-13,17,29H,3,14-15H2,1-2H3,(H,28,31). The summed E-state index contributed by atoms with van der Waals surface area (Å²) in [6, 6.07) is 15.1. The van der Waals surface area contributed by atoms with Crippen molar-refractivity contribution in [3.05, 3.63) is 76.5 Å². The Hall–Kier alpha value is -2.65. The van der Waals surface area contributed by atoms with E-state index in [2.05, 4.69) is 26.9 Å². The largest absolute Gasteiger partial charge is 0.351 e. The number of rotatable bonds is 9. The monoisotopic (exact) mass is 512 g/mol. The fourth-order valence-corrected chi connectivity index (χ4v) is 5.64. The van der Waals surface area contributed by atoms with Crippen molar-refractivity contribution in [3.8, 4) is 10.6 Å². The number of carbonyl (C=O) groups is 1. The van der Waals surface area contributed by atoms with Crippen LogP contribution in [-0.2, 0) is 11.0 Å². The maximum atomic E-state index is 12.8. The predicted octanol–water partition coefficient (Wildman–Crippen LogP) is 5.39. The average Bonchev–Trinajstić information content (AvgIpc) is 3.25. The van der Waals surface area contributed by atoms with Crippen LogP contribution in [0.4, 0.5) is 0 Å². The van der Waals surface area contributed by atoms with Crippen LogP contribution in [0.3, 0.4) is 0 Å². The minimum atomic E-state index is -1.35. The summed E-state index contributed by atoms with van der Waals surface area (Å²) in [5, 5.41) is 6.49. The Bertz CT molecular complexity index is 1330. The fourth-order valence-electron chi connectivity index (χ4n) is 3.49. The predicted molar refractivity (Wildman–Crippen MR) is 140 cm³/mol. The molecule has 34 heavy (non-hydrogen) atoms. The van der Waals surface area contributed by atoms with Crippen LogP contribution in [0.25, 0.3) is 21.3 Å². The van der Waals surface area contributed by atoms with Crippen LogP contribution in [0.5, 0.6) is 0 Å². The molecule has 0 aliphatic carbocycles. The quantitative estimate of drug-likeness (QED) is 0.315. The molecule has 0 saturated carbocycles. The molecule has 0 radical (unpaired) electrons. The van der Waals surface area contributed by atoms with Crippen molar-refractivity contribution in [2.75, 3.05) is 13.1 Å². The highest BCUT2D eigenvalue weighted by Crippen LogP contribution is 2.27. The first kappa shape index (κ1) is 24.5. The van der Waals surface area contributed by atoms with Crippen molar-refractivity contribution in [3.63, 3.8) is 0 Å². The van der Waals surface area contributed by atoms with E-state index in [0.717, 1.165) is 27.8 Å². The van der Waals surface area contributed by atoms with E-state index < -0.39 is 11.0 Å². The molecule has 0 aliphatic heterocycles. The number of hydrogen-bond donors (Lipinski definition) is 2. The number of halogens is 1. The van der Waals surface area contributed by atoms with Crippen molar-refractivity contribution in [1.82, 2.24) is 20.0 Å². The maximum Gasteiger partial charge on any atom is 0.263 e. The van der Waals surface area contributed by atoms with Gasteiger partial charge in [-0.05, 0) is 60.0 Å². The number of benzene rings is 2. The van der Waals surface area contributed by atoms with Gasteiger partial charge < -0.3 is 5.32 Å². The lowest BCUT2D eigenvalue weighted by Crippen LogP contribution is -2.34.